The van der Waals surface area contributed by atoms with Crippen molar-refractivity contribution in [2.75, 3.05) is 6.61 Å². The van der Waals surface area contributed by atoms with E-state index >= 15 is 0 Å². The fourth-order valence-corrected chi connectivity index (χ4v) is 2.85. The Bertz CT molecular complexity index is 782. The zero-order chi connectivity index (χ0) is 12.7. The van der Waals surface area contributed by atoms with Crippen molar-refractivity contribution >= 4 is 21.8 Å². The average molecular weight is 249 g/mol. The Balaban J connectivity index is 2.06. The molecule has 0 saturated carbocycles. The van der Waals surface area contributed by atoms with Gasteiger partial charge in [-0.05, 0) is 31.0 Å². The topological polar surface area (TPSA) is 25.0 Å². The number of para-hydroxylation sites is 1. The van der Waals surface area contributed by atoms with E-state index < -0.39 is 0 Å². The summed E-state index contributed by atoms with van der Waals surface area (Å²) in [5.41, 5.74) is 3.67. The Hall–Kier alpha value is -2.22. The van der Waals surface area contributed by atoms with Crippen molar-refractivity contribution in [2.45, 2.75) is 12.8 Å². The van der Waals surface area contributed by atoms with Crippen LogP contribution in [0.2, 0.25) is 0 Å². The Morgan fingerprint density at radius 3 is 2.89 bits per heavy atom. The lowest BCUT2D eigenvalue weighted by Gasteiger charge is -2.13. The highest BCUT2D eigenvalue weighted by Gasteiger charge is 2.13. The van der Waals surface area contributed by atoms with Gasteiger partial charge >= 0.3 is 0 Å². The highest BCUT2D eigenvalue weighted by molar-refractivity contribution is 6.08. The average Bonchev–Trinajstić information content (AvgIpc) is 2.77. The third-order valence-corrected chi connectivity index (χ3v) is 3.78. The molecule has 0 unspecified atom stereocenters. The first-order valence-corrected chi connectivity index (χ1v) is 6.73. The van der Waals surface area contributed by atoms with Crippen LogP contribution in [0, 0.1) is 0 Å². The van der Waals surface area contributed by atoms with Crippen LogP contribution >= 0.6 is 0 Å². The normalized spacial score (nSPS) is 16.6. The molecule has 1 aliphatic heterocycles. The molecule has 0 aliphatic carbocycles. The molecule has 0 saturated heterocycles. The van der Waals surface area contributed by atoms with Gasteiger partial charge in [0.25, 0.3) is 0 Å². The van der Waals surface area contributed by atoms with E-state index in [-0.39, 0.29) is 0 Å². The summed E-state index contributed by atoms with van der Waals surface area (Å²) < 4.78 is 5.86. The Kier molecular flexibility index (Phi) is 2.34. The summed E-state index contributed by atoms with van der Waals surface area (Å²) in [6.07, 6.45) is 6.36. The second-order valence-corrected chi connectivity index (χ2v) is 4.95. The molecule has 2 nitrogen and oxygen atoms in total. The number of H-pyrrole nitrogens is 1. The first-order chi connectivity index (χ1) is 9.43. The van der Waals surface area contributed by atoms with E-state index in [1.54, 1.807) is 0 Å². The summed E-state index contributed by atoms with van der Waals surface area (Å²) >= 11 is 0. The molecule has 2 aromatic carbocycles. The zero-order valence-electron chi connectivity index (χ0n) is 10.6. The van der Waals surface area contributed by atoms with Gasteiger partial charge in [-0.1, -0.05) is 30.4 Å². The van der Waals surface area contributed by atoms with Crippen LogP contribution < -0.4 is 4.74 Å². The van der Waals surface area contributed by atoms with Crippen molar-refractivity contribution in [1.82, 2.24) is 4.98 Å². The molecule has 2 heteroatoms. The van der Waals surface area contributed by atoms with Gasteiger partial charge in [-0.3, -0.25) is 0 Å². The second-order valence-electron chi connectivity index (χ2n) is 4.95. The van der Waals surface area contributed by atoms with Gasteiger partial charge in [0.05, 0.1) is 12.1 Å². The molecule has 0 spiro atoms. The van der Waals surface area contributed by atoms with E-state index in [4.69, 9.17) is 4.74 Å². The standard InChI is InChI=1S/C17H15NO/c1-2-7-14-16(19-11-5-1)10-9-13-12-6-3-4-8-15(12)18-17(13)14/h1-4,6,8-10,18H,5,7,11H2/b2-1-. The molecule has 0 fully saturated rings. The maximum Gasteiger partial charge on any atom is 0.124 e. The molecular formula is C17H15NO. The highest BCUT2D eigenvalue weighted by Crippen LogP contribution is 2.33. The third kappa shape index (κ3) is 1.64. The Labute approximate surface area is 111 Å². The molecule has 19 heavy (non-hydrogen) atoms. The van der Waals surface area contributed by atoms with Gasteiger partial charge in [-0.25, -0.2) is 0 Å². The molecule has 2 heterocycles. The van der Waals surface area contributed by atoms with Crippen LogP contribution in [-0.2, 0) is 6.42 Å². The summed E-state index contributed by atoms with van der Waals surface area (Å²) in [7, 11) is 0. The molecule has 4 rings (SSSR count). The minimum atomic E-state index is 0.759. The molecular weight excluding hydrogens is 234 g/mol. The van der Waals surface area contributed by atoms with E-state index in [9.17, 15) is 0 Å². The fraction of sp³-hybridized carbons (Fsp3) is 0.176. The van der Waals surface area contributed by atoms with Crippen molar-refractivity contribution in [2.24, 2.45) is 0 Å². The van der Waals surface area contributed by atoms with E-state index in [1.807, 2.05) is 0 Å². The summed E-state index contributed by atoms with van der Waals surface area (Å²) in [4.78, 5) is 3.54. The number of fused-ring (bicyclic) bond motifs is 5. The number of allylic oxidation sites excluding steroid dienone is 1. The van der Waals surface area contributed by atoms with Crippen molar-refractivity contribution in [3.05, 3.63) is 54.1 Å². The van der Waals surface area contributed by atoms with Crippen LogP contribution in [-0.4, -0.2) is 11.6 Å². The van der Waals surface area contributed by atoms with Gasteiger partial charge in [0.1, 0.15) is 5.75 Å². The number of nitrogens with one attached hydrogen (secondary N) is 1. The summed E-state index contributed by atoms with van der Waals surface area (Å²) in [6.45, 7) is 0.759. The number of aromatic amines is 1. The van der Waals surface area contributed by atoms with Crippen LogP contribution in [0.3, 0.4) is 0 Å². The lowest BCUT2D eigenvalue weighted by Crippen LogP contribution is -2.01. The second kappa shape index (κ2) is 4.16. The smallest absolute Gasteiger partial charge is 0.124 e. The maximum atomic E-state index is 5.86. The first kappa shape index (κ1) is 10.7. The van der Waals surface area contributed by atoms with Crippen molar-refractivity contribution < 1.29 is 4.74 Å². The first-order valence-electron chi connectivity index (χ1n) is 6.73. The minimum Gasteiger partial charge on any atom is -0.493 e. The highest BCUT2D eigenvalue weighted by atomic mass is 16.5. The third-order valence-electron chi connectivity index (χ3n) is 3.78. The molecule has 0 radical (unpaired) electrons. The van der Waals surface area contributed by atoms with Gasteiger partial charge in [0.2, 0.25) is 0 Å². The fourth-order valence-electron chi connectivity index (χ4n) is 2.85. The van der Waals surface area contributed by atoms with Crippen molar-refractivity contribution in [3.63, 3.8) is 0 Å². The number of hydrogen-bond acceptors (Lipinski definition) is 1. The number of benzene rings is 2. The lowest BCUT2D eigenvalue weighted by atomic mass is 10.0. The molecule has 0 amide bonds. The maximum absolute atomic E-state index is 5.86. The molecule has 0 atom stereocenters. The number of aromatic nitrogens is 1. The van der Waals surface area contributed by atoms with Crippen LogP contribution in [0.4, 0.5) is 0 Å². The van der Waals surface area contributed by atoms with E-state index in [0.717, 1.165) is 25.2 Å². The van der Waals surface area contributed by atoms with Gasteiger partial charge in [-0.15, -0.1) is 0 Å². The SMILES string of the molecule is C1=C\Cc2c(ccc3c2[nH]c2ccccc23)OCC/1. The molecule has 0 bridgehead atoms. The number of ether oxygens (including phenoxy) is 1. The molecule has 1 aliphatic rings. The Morgan fingerprint density at radius 2 is 1.89 bits per heavy atom. The van der Waals surface area contributed by atoms with Crippen LogP contribution in [0.5, 0.6) is 5.75 Å². The lowest BCUT2D eigenvalue weighted by molar-refractivity contribution is 0.321. The van der Waals surface area contributed by atoms with Crippen LogP contribution in [0.25, 0.3) is 21.8 Å². The van der Waals surface area contributed by atoms with E-state index in [2.05, 4.69) is 53.5 Å². The summed E-state index contributed by atoms with van der Waals surface area (Å²) in [5, 5.41) is 2.57. The zero-order valence-corrected chi connectivity index (χ0v) is 10.6. The largest absolute Gasteiger partial charge is 0.493 e. The Morgan fingerprint density at radius 1 is 0.947 bits per heavy atom. The molecule has 3 aromatic rings. The van der Waals surface area contributed by atoms with Gasteiger partial charge in [-0.2, -0.15) is 0 Å². The summed E-state index contributed by atoms with van der Waals surface area (Å²) in [6, 6.07) is 12.7. The minimum absolute atomic E-state index is 0.759. The van der Waals surface area contributed by atoms with E-state index in [0.29, 0.717) is 0 Å². The predicted molar refractivity (Wildman–Crippen MR) is 78.8 cm³/mol. The van der Waals surface area contributed by atoms with E-state index in [1.165, 1.54) is 27.4 Å². The van der Waals surface area contributed by atoms with Gasteiger partial charge in [0.15, 0.2) is 0 Å². The van der Waals surface area contributed by atoms with Crippen molar-refractivity contribution in [1.29, 1.82) is 0 Å². The quantitative estimate of drug-likeness (QED) is 0.593. The molecule has 1 N–H and O–H groups in total. The number of hydrogen-bond donors (Lipinski definition) is 1. The predicted octanol–water partition coefficient (Wildman–Crippen LogP) is 4.20. The molecule has 94 valence electrons. The van der Waals surface area contributed by atoms with Gasteiger partial charge in [0, 0.05) is 21.9 Å². The van der Waals surface area contributed by atoms with Crippen molar-refractivity contribution in [3.8, 4) is 5.75 Å². The molecule has 1 aromatic heterocycles. The number of rotatable bonds is 0. The van der Waals surface area contributed by atoms with Gasteiger partial charge < -0.3 is 9.72 Å². The van der Waals surface area contributed by atoms with Crippen LogP contribution in [0.15, 0.2) is 48.6 Å². The summed E-state index contributed by atoms with van der Waals surface area (Å²) in [5.74, 6) is 1.02. The van der Waals surface area contributed by atoms with Crippen LogP contribution in [0.1, 0.15) is 12.0 Å². The monoisotopic (exact) mass is 249 g/mol.